The predicted octanol–water partition coefficient (Wildman–Crippen LogP) is 4.31. The SMILES string of the molecule is Cc1ccc(-c2ncc(C3CC3(Cl)Cl)o2)cc1. The Balaban J connectivity index is 1.88. The third-order valence-corrected chi connectivity index (χ3v) is 3.83. The number of aromatic nitrogens is 1. The lowest BCUT2D eigenvalue weighted by molar-refractivity contribution is 0.519. The highest BCUT2D eigenvalue weighted by molar-refractivity contribution is 6.51. The fourth-order valence-corrected chi connectivity index (χ4v) is 2.32. The molecule has 1 atom stereocenters. The van der Waals surface area contributed by atoms with Crippen LogP contribution in [0.3, 0.4) is 0 Å². The molecular formula is C13H11Cl2NO. The first-order valence-corrected chi connectivity index (χ1v) is 6.22. The van der Waals surface area contributed by atoms with Crippen LogP contribution in [0.2, 0.25) is 0 Å². The average Bonchev–Trinajstić information content (AvgIpc) is 2.76. The number of halogens is 2. The maximum atomic E-state index is 6.00. The van der Waals surface area contributed by atoms with E-state index < -0.39 is 4.33 Å². The Morgan fingerprint density at radius 3 is 2.53 bits per heavy atom. The molecule has 1 aromatic carbocycles. The molecule has 1 heterocycles. The first-order chi connectivity index (χ1) is 8.06. The van der Waals surface area contributed by atoms with E-state index in [2.05, 4.69) is 4.98 Å². The molecule has 0 bridgehead atoms. The molecule has 1 aliphatic carbocycles. The van der Waals surface area contributed by atoms with Crippen molar-refractivity contribution in [1.82, 2.24) is 4.98 Å². The molecule has 4 heteroatoms. The summed E-state index contributed by atoms with van der Waals surface area (Å²) in [5.41, 5.74) is 2.18. The first kappa shape index (κ1) is 11.1. The van der Waals surface area contributed by atoms with Crippen LogP contribution in [-0.2, 0) is 0 Å². The number of alkyl halides is 2. The van der Waals surface area contributed by atoms with Crippen molar-refractivity contribution in [2.24, 2.45) is 0 Å². The van der Waals surface area contributed by atoms with E-state index in [1.165, 1.54) is 5.56 Å². The van der Waals surface area contributed by atoms with Crippen LogP contribution in [0.5, 0.6) is 0 Å². The Labute approximate surface area is 110 Å². The summed E-state index contributed by atoms with van der Waals surface area (Å²) in [6, 6.07) is 8.05. The molecule has 0 aliphatic heterocycles. The molecular weight excluding hydrogens is 257 g/mol. The van der Waals surface area contributed by atoms with Gasteiger partial charge >= 0.3 is 0 Å². The van der Waals surface area contributed by atoms with Crippen molar-refractivity contribution in [2.45, 2.75) is 23.6 Å². The quantitative estimate of drug-likeness (QED) is 0.758. The van der Waals surface area contributed by atoms with Crippen molar-refractivity contribution < 1.29 is 4.42 Å². The molecule has 0 radical (unpaired) electrons. The topological polar surface area (TPSA) is 26.0 Å². The van der Waals surface area contributed by atoms with Crippen LogP contribution >= 0.6 is 23.2 Å². The fraction of sp³-hybridized carbons (Fsp3) is 0.308. The van der Waals surface area contributed by atoms with Gasteiger partial charge in [-0.3, -0.25) is 0 Å². The second-order valence-electron chi connectivity index (χ2n) is 4.45. The number of rotatable bonds is 2. The largest absolute Gasteiger partial charge is 0.441 e. The molecule has 0 amide bonds. The van der Waals surface area contributed by atoms with Gasteiger partial charge in [-0.25, -0.2) is 4.98 Å². The summed E-state index contributed by atoms with van der Waals surface area (Å²) < 4.78 is 5.03. The van der Waals surface area contributed by atoms with Crippen LogP contribution in [0.15, 0.2) is 34.9 Å². The van der Waals surface area contributed by atoms with Crippen molar-refractivity contribution in [1.29, 1.82) is 0 Å². The molecule has 1 fully saturated rings. The number of benzene rings is 1. The van der Waals surface area contributed by atoms with E-state index in [1.807, 2.05) is 31.2 Å². The van der Waals surface area contributed by atoms with Gasteiger partial charge in [-0.05, 0) is 25.5 Å². The molecule has 88 valence electrons. The minimum atomic E-state index is -0.663. The Bertz CT molecular complexity index is 545. The van der Waals surface area contributed by atoms with Gasteiger partial charge in [-0.1, -0.05) is 17.7 Å². The lowest BCUT2D eigenvalue weighted by Gasteiger charge is -1.97. The summed E-state index contributed by atoms with van der Waals surface area (Å²) in [6.45, 7) is 2.05. The van der Waals surface area contributed by atoms with E-state index in [0.717, 1.165) is 17.7 Å². The summed E-state index contributed by atoms with van der Waals surface area (Å²) in [5.74, 6) is 1.47. The smallest absolute Gasteiger partial charge is 0.226 e. The normalized spacial score (nSPS) is 21.5. The summed E-state index contributed by atoms with van der Waals surface area (Å²) in [7, 11) is 0. The van der Waals surface area contributed by atoms with Gasteiger partial charge in [0.25, 0.3) is 0 Å². The molecule has 1 saturated carbocycles. The Hall–Kier alpha value is -0.990. The summed E-state index contributed by atoms with van der Waals surface area (Å²) >= 11 is 12.0. The number of hydrogen-bond donors (Lipinski definition) is 0. The third kappa shape index (κ3) is 2.07. The zero-order chi connectivity index (χ0) is 12.0. The second kappa shape index (κ2) is 3.76. The fourth-order valence-electron chi connectivity index (χ4n) is 1.80. The first-order valence-electron chi connectivity index (χ1n) is 5.47. The highest BCUT2D eigenvalue weighted by Crippen LogP contribution is 2.59. The molecule has 0 saturated heterocycles. The van der Waals surface area contributed by atoms with Crippen LogP contribution in [0, 0.1) is 6.92 Å². The maximum absolute atomic E-state index is 6.00. The van der Waals surface area contributed by atoms with Crippen LogP contribution < -0.4 is 0 Å². The van der Waals surface area contributed by atoms with Crippen molar-refractivity contribution in [3.05, 3.63) is 41.8 Å². The van der Waals surface area contributed by atoms with Crippen molar-refractivity contribution in [3.8, 4) is 11.5 Å². The average molecular weight is 268 g/mol. The standard InChI is InChI=1S/C13H11Cl2NO/c1-8-2-4-9(5-3-8)12-16-7-11(17-12)10-6-13(10,14)15/h2-5,7,10H,6H2,1H3. The molecule has 1 unspecified atom stereocenters. The third-order valence-electron chi connectivity index (χ3n) is 2.99. The Morgan fingerprint density at radius 1 is 1.29 bits per heavy atom. The molecule has 2 nitrogen and oxygen atoms in total. The van der Waals surface area contributed by atoms with Crippen molar-refractivity contribution >= 4 is 23.2 Å². The molecule has 0 N–H and O–H groups in total. The maximum Gasteiger partial charge on any atom is 0.226 e. The van der Waals surface area contributed by atoms with Gasteiger partial charge in [-0.2, -0.15) is 0 Å². The summed E-state index contributed by atoms with van der Waals surface area (Å²) in [4.78, 5) is 4.26. The van der Waals surface area contributed by atoms with Gasteiger partial charge in [0.2, 0.25) is 5.89 Å². The zero-order valence-corrected chi connectivity index (χ0v) is 10.8. The lowest BCUT2D eigenvalue weighted by atomic mass is 10.1. The number of nitrogens with zero attached hydrogens (tertiary/aromatic N) is 1. The molecule has 17 heavy (non-hydrogen) atoms. The van der Waals surface area contributed by atoms with E-state index in [0.29, 0.717) is 5.89 Å². The summed E-state index contributed by atoms with van der Waals surface area (Å²) in [6.07, 6.45) is 2.45. The van der Waals surface area contributed by atoms with Gasteiger partial charge in [0.05, 0.1) is 12.1 Å². The number of hydrogen-bond acceptors (Lipinski definition) is 2. The second-order valence-corrected chi connectivity index (χ2v) is 5.99. The van der Waals surface area contributed by atoms with Crippen LogP contribution in [0.1, 0.15) is 23.7 Å². The summed E-state index contributed by atoms with van der Waals surface area (Å²) in [5, 5.41) is 0. The van der Waals surface area contributed by atoms with Gasteiger partial charge in [-0.15, -0.1) is 23.2 Å². The Kier molecular flexibility index (Phi) is 2.46. The van der Waals surface area contributed by atoms with Crippen molar-refractivity contribution in [3.63, 3.8) is 0 Å². The van der Waals surface area contributed by atoms with Crippen LogP contribution in [0.25, 0.3) is 11.5 Å². The molecule has 1 aliphatic rings. The van der Waals surface area contributed by atoms with Gasteiger partial charge < -0.3 is 4.42 Å². The highest BCUT2D eigenvalue weighted by atomic mass is 35.5. The molecule has 3 rings (SSSR count). The van der Waals surface area contributed by atoms with E-state index >= 15 is 0 Å². The van der Waals surface area contributed by atoms with Crippen LogP contribution in [0.4, 0.5) is 0 Å². The lowest BCUT2D eigenvalue weighted by Crippen LogP contribution is -1.86. The molecule has 2 aromatic rings. The van der Waals surface area contributed by atoms with E-state index in [1.54, 1.807) is 6.20 Å². The zero-order valence-electron chi connectivity index (χ0n) is 9.28. The minimum Gasteiger partial charge on any atom is -0.441 e. The van der Waals surface area contributed by atoms with Gasteiger partial charge in [0.1, 0.15) is 10.1 Å². The van der Waals surface area contributed by atoms with E-state index in [9.17, 15) is 0 Å². The van der Waals surface area contributed by atoms with Gasteiger partial charge in [0.15, 0.2) is 0 Å². The predicted molar refractivity (Wildman–Crippen MR) is 68.5 cm³/mol. The van der Waals surface area contributed by atoms with Crippen LogP contribution in [-0.4, -0.2) is 9.32 Å². The van der Waals surface area contributed by atoms with E-state index in [4.69, 9.17) is 27.6 Å². The van der Waals surface area contributed by atoms with Gasteiger partial charge in [0, 0.05) is 5.56 Å². The Morgan fingerprint density at radius 2 is 1.94 bits per heavy atom. The minimum absolute atomic E-state index is 0.0810. The van der Waals surface area contributed by atoms with E-state index in [-0.39, 0.29) is 5.92 Å². The molecule has 0 spiro atoms. The molecule has 1 aromatic heterocycles. The van der Waals surface area contributed by atoms with Crippen molar-refractivity contribution in [2.75, 3.05) is 0 Å². The number of oxazole rings is 1. The number of aryl methyl sites for hydroxylation is 1. The highest BCUT2D eigenvalue weighted by Gasteiger charge is 2.54. The monoisotopic (exact) mass is 267 g/mol.